The maximum absolute atomic E-state index is 11.7. The molecule has 1 aromatic heterocycles. The Morgan fingerprint density at radius 1 is 1.48 bits per heavy atom. The number of phenolic OH excluding ortho intramolecular Hbond substituents is 1. The van der Waals surface area contributed by atoms with Crippen LogP contribution in [0.3, 0.4) is 0 Å². The van der Waals surface area contributed by atoms with Crippen molar-refractivity contribution in [2.24, 2.45) is 0 Å². The van der Waals surface area contributed by atoms with Gasteiger partial charge in [-0.05, 0) is 17.7 Å². The number of hydrogen-bond donors (Lipinski definition) is 2. The summed E-state index contributed by atoms with van der Waals surface area (Å²) in [5, 5.41) is 22.6. The van der Waals surface area contributed by atoms with Crippen LogP contribution in [0.1, 0.15) is 5.56 Å². The molecule has 1 fully saturated rings. The summed E-state index contributed by atoms with van der Waals surface area (Å²) in [4.78, 5) is 13.7. The number of nitriles is 1. The maximum atomic E-state index is 11.7. The minimum absolute atomic E-state index is 0.0554. The van der Waals surface area contributed by atoms with E-state index < -0.39 is 5.63 Å². The molecule has 1 aliphatic heterocycles. The van der Waals surface area contributed by atoms with Gasteiger partial charge >= 0.3 is 5.63 Å². The highest BCUT2D eigenvalue weighted by Crippen LogP contribution is 2.23. The van der Waals surface area contributed by atoms with E-state index in [2.05, 4.69) is 11.4 Å². The van der Waals surface area contributed by atoms with Crippen LogP contribution in [0.15, 0.2) is 33.5 Å². The third-order valence-corrected chi connectivity index (χ3v) is 3.69. The standard InChI is InChI=1S/C15H15N3O3/c16-7-11-8-17-3-4-18(11)9-10-5-15(20)21-14-6-12(19)1-2-13(10)14/h1-2,5-6,11,17,19H,3-4,8-9H2. The van der Waals surface area contributed by atoms with Crippen molar-refractivity contribution < 1.29 is 9.52 Å². The lowest BCUT2D eigenvalue weighted by atomic mass is 10.1. The van der Waals surface area contributed by atoms with Crippen LogP contribution in [0.2, 0.25) is 0 Å². The lowest BCUT2D eigenvalue weighted by Crippen LogP contribution is -2.50. The highest BCUT2D eigenvalue weighted by molar-refractivity contribution is 5.81. The molecule has 3 rings (SSSR count). The van der Waals surface area contributed by atoms with Crippen LogP contribution in [0.4, 0.5) is 0 Å². The average Bonchev–Trinajstić information content (AvgIpc) is 2.47. The molecule has 1 aliphatic rings. The molecule has 1 unspecified atom stereocenters. The summed E-state index contributed by atoms with van der Waals surface area (Å²) in [7, 11) is 0. The SMILES string of the molecule is N#CC1CNCCN1Cc1cc(=O)oc2cc(O)ccc12. The molecule has 1 saturated heterocycles. The van der Waals surface area contributed by atoms with E-state index in [-0.39, 0.29) is 11.8 Å². The van der Waals surface area contributed by atoms with E-state index >= 15 is 0 Å². The Balaban J connectivity index is 2.00. The normalized spacial score (nSPS) is 19.5. The zero-order valence-corrected chi connectivity index (χ0v) is 11.4. The van der Waals surface area contributed by atoms with E-state index in [1.807, 2.05) is 4.90 Å². The second kappa shape index (κ2) is 5.56. The highest BCUT2D eigenvalue weighted by Gasteiger charge is 2.22. The van der Waals surface area contributed by atoms with Crippen molar-refractivity contribution in [3.05, 3.63) is 40.2 Å². The van der Waals surface area contributed by atoms with Crippen LogP contribution in [-0.4, -0.2) is 35.7 Å². The Labute approximate surface area is 121 Å². The van der Waals surface area contributed by atoms with Crippen LogP contribution >= 0.6 is 0 Å². The predicted octanol–water partition coefficient (Wildman–Crippen LogP) is 0.796. The first kappa shape index (κ1) is 13.6. The van der Waals surface area contributed by atoms with Crippen molar-refractivity contribution in [2.75, 3.05) is 19.6 Å². The summed E-state index contributed by atoms with van der Waals surface area (Å²) >= 11 is 0. The van der Waals surface area contributed by atoms with Crippen molar-refractivity contribution in [3.63, 3.8) is 0 Å². The molecule has 0 bridgehead atoms. The van der Waals surface area contributed by atoms with Gasteiger partial charge in [0.25, 0.3) is 0 Å². The number of piperazine rings is 1. The minimum Gasteiger partial charge on any atom is -0.508 e. The molecule has 2 aromatic rings. The Morgan fingerprint density at radius 2 is 2.33 bits per heavy atom. The van der Waals surface area contributed by atoms with Crippen molar-refractivity contribution in [2.45, 2.75) is 12.6 Å². The fourth-order valence-corrected chi connectivity index (χ4v) is 2.63. The number of fused-ring (bicyclic) bond motifs is 1. The second-order valence-electron chi connectivity index (χ2n) is 5.09. The van der Waals surface area contributed by atoms with Crippen LogP contribution < -0.4 is 10.9 Å². The molecule has 21 heavy (non-hydrogen) atoms. The van der Waals surface area contributed by atoms with E-state index in [0.717, 1.165) is 24.0 Å². The molecule has 0 amide bonds. The summed E-state index contributed by atoms with van der Waals surface area (Å²) < 4.78 is 5.11. The number of rotatable bonds is 2. The van der Waals surface area contributed by atoms with Gasteiger partial charge in [-0.3, -0.25) is 4.90 Å². The van der Waals surface area contributed by atoms with E-state index in [4.69, 9.17) is 4.42 Å². The van der Waals surface area contributed by atoms with Crippen molar-refractivity contribution in [3.8, 4) is 11.8 Å². The third kappa shape index (κ3) is 2.75. The monoisotopic (exact) mass is 285 g/mol. The number of phenols is 1. The largest absolute Gasteiger partial charge is 0.508 e. The van der Waals surface area contributed by atoms with Crippen molar-refractivity contribution >= 4 is 11.0 Å². The fraction of sp³-hybridized carbons (Fsp3) is 0.333. The lowest BCUT2D eigenvalue weighted by Gasteiger charge is -2.32. The molecule has 0 spiro atoms. The lowest BCUT2D eigenvalue weighted by molar-refractivity contribution is 0.189. The van der Waals surface area contributed by atoms with E-state index in [1.165, 1.54) is 12.1 Å². The van der Waals surface area contributed by atoms with Gasteiger partial charge in [-0.2, -0.15) is 5.26 Å². The Morgan fingerprint density at radius 3 is 3.14 bits per heavy atom. The molecule has 108 valence electrons. The van der Waals surface area contributed by atoms with Crippen LogP contribution in [0.25, 0.3) is 11.0 Å². The minimum atomic E-state index is -0.452. The summed E-state index contributed by atoms with van der Waals surface area (Å²) in [6.07, 6.45) is 0. The number of nitrogens with zero attached hydrogens (tertiary/aromatic N) is 2. The quantitative estimate of drug-likeness (QED) is 0.793. The third-order valence-electron chi connectivity index (χ3n) is 3.69. The highest BCUT2D eigenvalue weighted by atomic mass is 16.4. The molecule has 0 aliphatic carbocycles. The molecule has 6 heteroatoms. The van der Waals surface area contributed by atoms with Gasteiger partial charge in [-0.1, -0.05) is 0 Å². The molecular weight excluding hydrogens is 270 g/mol. The van der Waals surface area contributed by atoms with Gasteiger partial charge in [0.05, 0.1) is 6.07 Å². The van der Waals surface area contributed by atoms with Gasteiger partial charge in [0.15, 0.2) is 0 Å². The zero-order valence-electron chi connectivity index (χ0n) is 11.4. The van der Waals surface area contributed by atoms with Gasteiger partial charge in [-0.15, -0.1) is 0 Å². The first-order chi connectivity index (χ1) is 10.2. The number of aromatic hydroxyl groups is 1. The molecule has 1 atom stereocenters. The molecule has 2 heterocycles. The van der Waals surface area contributed by atoms with Crippen LogP contribution in [0, 0.1) is 11.3 Å². The van der Waals surface area contributed by atoms with E-state index in [1.54, 1.807) is 12.1 Å². The second-order valence-corrected chi connectivity index (χ2v) is 5.09. The maximum Gasteiger partial charge on any atom is 0.336 e. The van der Waals surface area contributed by atoms with Gasteiger partial charge < -0.3 is 14.8 Å². The molecular formula is C15H15N3O3. The number of nitrogens with one attached hydrogen (secondary N) is 1. The predicted molar refractivity (Wildman–Crippen MR) is 76.8 cm³/mol. The zero-order chi connectivity index (χ0) is 14.8. The van der Waals surface area contributed by atoms with Crippen molar-refractivity contribution in [1.29, 1.82) is 5.26 Å². The fourth-order valence-electron chi connectivity index (χ4n) is 2.63. The summed E-state index contributed by atoms with van der Waals surface area (Å²) in [5.74, 6) is 0.0554. The van der Waals surface area contributed by atoms with Gasteiger partial charge in [0, 0.05) is 43.7 Å². The summed E-state index contributed by atoms with van der Waals surface area (Å²) in [6, 6.07) is 8.23. The average molecular weight is 285 g/mol. The first-order valence-corrected chi connectivity index (χ1v) is 6.77. The van der Waals surface area contributed by atoms with E-state index in [9.17, 15) is 15.2 Å². The number of hydrogen-bond acceptors (Lipinski definition) is 6. The van der Waals surface area contributed by atoms with Gasteiger partial charge in [-0.25, -0.2) is 4.79 Å². The molecule has 0 radical (unpaired) electrons. The van der Waals surface area contributed by atoms with Gasteiger partial charge in [0.1, 0.15) is 17.4 Å². The molecule has 2 N–H and O–H groups in total. The first-order valence-electron chi connectivity index (χ1n) is 6.77. The molecule has 6 nitrogen and oxygen atoms in total. The summed E-state index contributed by atoms with van der Waals surface area (Å²) in [5.41, 5.74) is 0.719. The van der Waals surface area contributed by atoms with Gasteiger partial charge in [0.2, 0.25) is 0 Å². The Hall–Kier alpha value is -2.36. The molecule has 0 saturated carbocycles. The Kier molecular flexibility index (Phi) is 3.60. The Bertz CT molecular complexity index is 763. The van der Waals surface area contributed by atoms with Crippen LogP contribution in [0.5, 0.6) is 5.75 Å². The van der Waals surface area contributed by atoms with E-state index in [0.29, 0.717) is 18.7 Å². The van der Waals surface area contributed by atoms with Crippen molar-refractivity contribution in [1.82, 2.24) is 10.2 Å². The molecule has 1 aromatic carbocycles. The number of benzene rings is 1. The van der Waals surface area contributed by atoms with Crippen LogP contribution in [-0.2, 0) is 6.54 Å². The topological polar surface area (TPSA) is 89.5 Å². The smallest absolute Gasteiger partial charge is 0.336 e. The summed E-state index contributed by atoms with van der Waals surface area (Å²) in [6.45, 7) is 2.69.